The third-order valence-electron chi connectivity index (χ3n) is 1.53. The lowest BCUT2D eigenvalue weighted by Crippen LogP contribution is -2.50. The normalized spacial score (nSPS) is 20.6. The molecule has 0 aromatic carbocycles. The average molecular weight is 257 g/mol. The molecule has 1 aliphatic rings. The quantitative estimate of drug-likeness (QED) is 0.652. The maximum Gasteiger partial charge on any atom is 0.235 e. The summed E-state index contributed by atoms with van der Waals surface area (Å²) >= 11 is 2.87. The number of nitrogens with one attached hydrogen (secondary N) is 1. The number of hydrogen-bond acceptors (Lipinski definition) is 3. The summed E-state index contributed by atoms with van der Waals surface area (Å²) in [4.78, 5) is 10.8. The molecule has 70 valence electrons. The van der Waals surface area contributed by atoms with Gasteiger partial charge in [0.25, 0.3) is 0 Å². The van der Waals surface area contributed by atoms with Gasteiger partial charge >= 0.3 is 0 Å². The molecule has 5 nitrogen and oxygen atoms in total. The second-order valence-corrected chi connectivity index (χ2v) is 5.68. The van der Waals surface area contributed by atoms with Gasteiger partial charge in [-0.2, -0.15) is 4.31 Å². The van der Waals surface area contributed by atoms with Gasteiger partial charge in [0.2, 0.25) is 15.9 Å². The van der Waals surface area contributed by atoms with Crippen molar-refractivity contribution in [1.82, 2.24) is 9.62 Å². The molecule has 0 bridgehead atoms. The van der Waals surface area contributed by atoms with Gasteiger partial charge in [-0.25, -0.2) is 8.42 Å². The number of hydrogen-bond donors (Lipinski definition) is 1. The van der Waals surface area contributed by atoms with Crippen LogP contribution in [0.3, 0.4) is 0 Å². The van der Waals surface area contributed by atoms with Crippen LogP contribution in [-0.2, 0) is 14.8 Å². The fraction of sp³-hybridized carbons (Fsp3) is 0.800. The number of piperazine rings is 1. The van der Waals surface area contributed by atoms with Crippen molar-refractivity contribution in [2.75, 3.05) is 24.3 Å². The first-order chi connectivity index (χ1) is 5.56. The summed E-state index contributed by atoms with van der Waals surface area (Å²) in [5.74, 6) is -0.245. The van der Waals surface area contributed by atoms with Gasteiger partial charge in [-0.05, 0) is 0 Å². The van der Waals surface area contributed by atoms with Gasteiger partial charge in [0.1, 0.15) is 4.66 Å². The molecule has 1 fully saturated rings. The zero-order chi connectivity index (χ0) is 9.19. The van der Waals surface area contributed by atoms with Crippen LogP contribution in [0.25, 0.3) is 0 Å². The third kappa shape index (κ3) is 2.18. The van der Waals surface area contributed by atoms with Crippen LogP contribution in [0.5, 0.6) is 0 Å². The minimum Gasteiger partial charge on any atom is -0.354 e. The van der Waals surface area contributed by atoms with Crippen LogP contribution < -0.4 is 5.32 Å². The van der Waals surface area contributed by atoms with E-state index < -0.39 is 10.0 Å². The molecule has 0 unspecified atom stereocenters. The number of halogens is 1. The molecule has 0 saturated carbocycles. The van der Waals surface area contributed by atoms with Crippen molar-refractivity contribution in [3.8, 4) is 0 Å². The molecule has 0 aromatic rings. The molecular formula is C5H9BrN2O3S. The van der Waals surface area contributed by atoms with Crippen LogP contribution in [0.1, 0.15) is 0 Å². The summed E-state index contributed by atoms with van der Waals surface area (Å²) in [6, 6.07) is 0. The van der Waals surface area contributed by atoms with E-state index in [1.165, 1.54) is 4.31 Å². The summed E-state index contributed by atoms with van der Waals surface area (Å²) in [7, 11) is -3.26. The zero-order valence-corrected chi connectivity index (χ0v) is 8.69. The van der Waals surface area contributed by atoms with Crippen LogP contribution in [0.2, 0.25) is 0 Å². The van der Waals surface area contributed by atoms with Crippen molar-refractivity contribution >= 4 is 31.9 Å². The Hall–Kier alpha value is -0.140. The van der Waals surface area contributed by atoms with Gasteiger partial charge in [0.05, 0.1) is 6.54 Å². The zero-order valence-electron chi connectivity index (χ0n) is 6.29. The Morgan fingerprint density at radius 1 is 1.58 bits per heavy atom. The summed E-state index contributed by atoms with van der Waals surface area (Å²) in [5, 5.41) is 2.55. The maximum absolute atomic E-state index is 11.2. The molecule has 0 radical (unpaired) electrons. The first-order valence-corrected chi connectivity index (χ1v) is 6.10. The van der Waals surface area contributed by atoms with Crippen molar-refractivity contribution in [3.05, 3.63) is 0 Å². The number of carbonyl (C=O) groups excluding carboxylic acids is 1. The molecule has 0 atom stereocenters. The fourth-order valence-corrected chi connectivity index (χ4v) is 2.61. The molecule has 1 amide bonds. The first-order valence-electron chi connectivity index (χ1n) is 3.37. The number of sulfonamides is 1. The Bertz CT molecular complexity index is 276. The van der Waals surface area contributed by atoms with E-state index in [9.17, 15) is 13.2 Å². The number of rotatable bonds is 2. The minimum absolute atomic E-state index is 0.0616. The van der Waals surface area contributed by atoms with Gasteiger partial charge in [-0.3, -0.25) is 4.79 Å². The van der Waals surface area contributed by atoms with Crippen LogP contribution in [0.4, 0.5) is 0 Å². The largest absolute Gasteiger partial charge is 0.354 e. The molecule has 12 heavy (non-hydrogen) atoms. The van der Waals surface area contributed by atoms with Gasteiger partial charge in [-0.1, -0.05) is 15.9 Å². The Balaban J connectivity index is 2.70. The second-order valence-electron chi connectivity index (χ2n) is 2.40. The van der Waals surface area contributed by atoms with E-state index in [0.29, 0.717) is 13.1 Å². The topological polar surface area (TPSA) is 66.5 Å². The molecule has 1 rings (SSSR count). The monoisotopic (exact) mass is 256 g/mol. The average Bonchev–Trinajstić information content (AvgIpc) is 2.05. The lowest BCUT2D eigenvalue weighted by molar-refractivity contribution is -0.122. The maximum atomic E-state index is 11.2. The Kier molecular flexibility index (Phi) is 3.08. The van der Waals surface area contributed by atoms with Gasteiger partial charge in [0, 0.05) is 13.1 Å². The summed E-state index contributed by atoms with van der Waals surface area (Å²) in [5.41, 5.74) is 0. The molecule has 0 aromatic heterocycles. The molecule has 1 aliphatic heterocycles. The fourth-order valence-electron chi connectivity index (χ4n) is 0.922. The number of amides is 1. The minimum atomic E-state index is -3.26. The van der Waals surface area contributed by atoms with E-state index in [2.05, 4.69) is 21.2 Å². The van der Waals surface area contributed by atoms with E-state index in [0.717, 1.165) is 0 Å². The molecule has 1 saturated heterocycles. The molecule has 1 N–H and O–H groups in total. The van der Waals surface area contributed by atoms with Crippen molar-refractivity contribution in [3.63, 3.8) is 0 Å². The Morgan fingerprint density at radius 3 is 2.75 bits per heavy atom. The Morgan fingerprint density at radius 2 is 2.25 bits per heavy atom. The van der Waals surface area contributed by atoms with Crippen LogP contribution >= 0.6 is 15.9 Å². The summed E-state index contributed by atoms with van der Waals surface area (Å²) < 4.78 is 23.4. The third-order valence-corrected chi connectivity index (χ3v) is 4.64. The molecule has 7 heteroatoms. The Labute approximate surface area is 79.3 Å². The predicted octanol–water partition coefficient (Wildman–Crippen LogP) is -0.900. The van der Waals surface area contributed by atoms with E-state index in [-0.39, 0.29) is 17.1 Å². The molecule has 1 heterocycles. The van der Waals surface area contributed by atoms with Crippen LogP contribution in [-0.4, -0.2) is 42.9 Å². The van der Waals surface area contributed by atoms with E-state index in [1.807, 2.05) is 0 Å². The SMILES string of the molecule is O=C1CN(S(=O)(=O)CBr)CCN1. The highest BCUT2D eigenvalue weighted by atomic mass is 79.9. The predicted molar refractivity (Wildman–Crippen MR) is 47.3 cm³/mol. The van der Waals surface area contributed by atoms with E-state index in [4.69, 9.17) is 0 Å². The van der Waals surface area contributed by atoms with E-state index in [1.54, 1.807) is 0 Å². The van der Waals surface area contributed by atoms with E-state index >= 15 is 0 Å². The van der Waals surface area contributed by atoms with Crippen molar-refractivity contribution in [2.45, 2.75) is 0 Å². The summed E-state index contributed by atoms with van der Waals surface area (Å²) in [6.07, 6.45) is 0. The lowest BCUT2D eigenvalue weighted by atomic mass is 10.4. The summed E-state index contributed by atoms with van der Waals surface area (Å²) in [6.45, 7) is 0.693. The number of alkyl halides is 1. The smallest absolute Gasteiger partial charge is 0.235 e. The highest BCUT2D eigenvalue weighted by Crippen LogP contribution is 2.05. The van der Waals surface area contributed by atoms with Crippen LogP contribution in [0.15, 0.2) is 0 Å². The lowest BCUT2D eigenvalue weighted by Gasteiger charge is -2.24. The second kappa shape index (κ2) is 3.71. The molecule has 0 aliphatic carbocycles. The molecule has 0 spiro atoms. The van der Waals surface area contributed by atoms with Gasteiger partial charge < -0.3 is 5.32 Å². The van der Waals surface area contributed by atoms with Crippen molar-refractivity contribution in [1.29, 1.82) is 0 Å². The number of carbonyl (C=O) groups is 1. The van der Waals surface area contributed by atoms with Crippen molar-refractivity contribution < 1.29 is 13.2 Å². The van der Waals surface area contributed by atoms with Gasteiger partial charge in [0.15, 0.2) is 0 Å². The van der Waals surface area contributed by atoms with Crippen LogP contribution in [0, 0.1) is 0 Å². The molecular weight excluding hydrogens is 248 g/mol. The highest BCUT2D eigenvalue weighted by molar-refractivity contribution is 9.10. The highest BCUT2D eigenvalue weighted by Gasteiger charge is 2.25. The van der Waals surface area contributed by atoms with Crippen molar-refractivity contribution in [2.24, 2.45) is 0 Å². The van der Waals surface area contributed by atoms with Gasteiger partial charge in [-0.15, -0.1) is 0 Å². The number of nitrogens with zero attached hydrogens (tertiary/aromatic N) is 1. The standard InChI is InChI=1S/C5H9BrN2O3S/c6-4-12(10,11)8-2-1-7-5(9)3-8/h1-4H2,(H,7,9). The first kappa shape index (κ1) is 9.94.